The van der Waals surface area contributed by atoms with Crippen LogP contribution >= 0.6 is 15.9 Å². The van der Waals surface area contributed by atoms with E-state index in [1.165, 1.54) is 0 Å². The molecule has 0 aromatic heterocycles. The Morgan fingerprint density at radius 3 is 2.50 bits per heavy atom. The summed E-state index contributed by atoms with van der Waals surface area (Å²) in [5.41, 5.74) is -1.03. The minimum absolute atomic E-state index is 0.270. The molecule has 0 heterocycles. The van der Waals surface area contributed by atoms with E-state index < -0.39 is 17.0 Å². The fourth-order valence-corrected chi connectivity index (χ4v) is 2.91. The molecule has 4 heteroatoms. The van der Waals surface area contributed by atoms with Crippen molar-refractivity contribution in [2.45, 2.75) is 30.8 Å². The zero-order valence-electron chi connectivity index (χ0n) is 8.90. The summed E-state index contributed by atoms with van der Waals surface area (Å²) in [4.78, 5) is 11.4. The number of carboxylic acids is 1. The number of hydrogen-bond donors (Lipinski definition) is 2. The van der Waals surface area contributed by atoms with Crippen LogP contribution in [-0.2, 0) is 10.2 Å². The Morgan fingerprint density at radius 1 is 1.44 bits per heavy atom. The van der Waals surface area contributed by atoms with Gasteiger partial charge >= 0.3 is 5.97 Å². The molecule has 1 fully saturated rings. The maximum atomic E-state index is 11.4. The first-order valence-corrected chi connectivity index (χ1v) is 5.87. The first-order chi connectivity index (χ1) is 7.36. The van der Waals surface area contributed by atoms with E-state index in [1.807, 2.05) is 18.2 Å². The second-order valence-electron chi connectivity index (χ2n) is 4.75. The van der Waals surface area contributed by atoms with Gasteiger partial charge in [0.25, 0.3) is 0 Å². The van der Waals surface area contributed by atoms with E-state index in [4.69, 9.17) is 0 Å². The number of carbonyl (C=O) groups is 1. The maximum Gasteiger partial charge on any atom is 0.314 e. The molecule has 1 aliphatic rings. The first kappa shape index (κ1) is 11.6. The highest BCUT2D eigenvalue weighted by Gasteiger charge is 2.57. The average molecular weight is 285 g/mol. The van der Waals surface area contributed by atoms with Gasteiger partial charge in [-0.05, 0) is 37.5 Å². The summed E-state index contributed by atoms with van der Waals surface area (Å²) in [7, 11) is 0. The second kappa shape index (κ2) is 3.57. The van der Waals surface area contributed by atoms with Gasteiger partial charge in [0.05, 0.1) is 11.0 Å². The van der Waals surface area contributed by atoms with Crippen LogP contribution in [0.3, 0.4) is 0 Å². The van der Waals surface area contributed by atoms with Crippen molar-refractivity contribution in [1.82, 2.24) is 0 Å². The van der Waals surface area contributed by atoms with Crippen LogP contribution in [0, 0.1) is 0 Å². The van der Waals surface area contributed by atoms with Gasteiger partial charge in [0.15, 0.2) is 0 Å². The standard InChI is InChI=1S/C12H13BrO3/c1-11(16)6-12(7-11,10(14)15)8-3-2-4-9(13)5-8/h2-5,16H,6-7H2,1H3,(H,14,15)/t11-,12-. The van der Waals surface area contributed by atoms with Gasteiger partial charge in [-0.25, -0.2) is 0 Å². The molecule has 86 valence electrons. The molecule has 0 radical (unpaired) electrons. The van der Waals surface area contributed by atoms with Crippen molar-refractivity contribution in [2.24, 2.45) is 0 Å². The molecule has 0 unspecified atom stereocenters. The molecule has 1 aromatic rings. The highest BCUT2D eigenvalue weighted by atomic mass is 79.9. The molecule has 0 saturated heterocycles. The fourth-order valence-electron chi connectivity index (χ4n) is 2.51. The smallest absolute Gasteiger partial charge is 0.314 e. The topological polar surface area (TPSA) is 57.5 Å². The van der Waals surface area contributed by atoms with E-state index in [-0.39, 0.29) is 12.8 Å². The van der Waals surface area contributed by atoms with Crippen LogP contribution in [0.4, 0.5) is 0 Å². The number of hydrogen-bond acceptors (Lipinski definition) is 2. The Morgan fingerprint density at radius 2 is 2.06 bits per heavy atom. The summed E-state index contributed by atoms with van der Waals surface area (Å²) in [6, 6.07) is 7.28. The quantitative estimate of drug-likeness (QED) is 0.876. The molecular weight excluding hydrogens is 272 g/mol. The third-order valence-corrected chi connectivity index (χ3v) is 3.65. The van der Waals surface area contributed by atoms with Crippen LogP contribution in [0.2, 0.25) is 0 Å². The lowest BCUT2D eigenvalue weighted by Gasteiger charge is -2.49. The van der Waals surface area contributed by atoms with Gasteiger partial charge in [-0.3, -0.25) is 4.79 Å². The zero-order chi connectivity index (χ0) is 12.0. The van der Waals surface area contributed by atoms with Gasteiger partial charge in [-0.2, -0.15) is 0 Å². The van der Waals surface area contributed by atoms with Crippen LogP contribution in [0.1, 0.15) is 25.3 Å². The van der Waals surface area contributed by atoms with Crippen LogP contribution in [0.15, 0.2) is 28.7 Å². The highest BCUT2D eigenvalue weighted by molar-refractivity contribution is 9.10. The summed E-state index contributed by atoms with van der Waals surface area (Å²) < 4.78 is 0.858. The second-order valence-corrected chi connectivity index (χ2v) is 5.66. The number of aliphatic carboxylic acids is 1. The molecule has 0 amide bonds. The lowest BCUT2D eigenvalue weighted by atomic mass is 9.57. The van der Waals surface area contributed by atoms with Gasteiger partial charge in [0.1, 0.15) is 0 Å². The molecule has 0 bridgehead atoms. The van der Waals surface area contributed by atoms with E-state index in [2.05, 4.69) is 15.9 Å². The number of benzene rings is 1. The molecule has 0 aliphatic heterocycles. The van der Waals surface area contributed by atoms with E-state index in [0.717, 1.165) is 10.0 Å². The van der Waals surface area contributed by atoms with Crippen LogP contribution < -0.4 is 0 Å². The Bertz CT molecular complexity index is 432. The monoisotopic (exact) mass is 284 g/mol. The minimum Gasteiger partial charge on any atom is -0.481 e. The predicted molar refractivity (Wildman–Crippen MR) is 63.3 cm³/mol. The van der Waals surface area contributed by atoms with Crippen molar-refractivity contribution in [3.63, 3.8) is 0 Å². The average Bonchev–Trinajstić information content (AvgIpc) is 2.13. The van der Waals surface area contributed by atoms with E-state index in [9.17, 15) is 15.0 Å². The summed E-state index contributed by atoms with van der Waals surface area (Å²) in [6.45, 7) is 1.67. The van der Waals surface area contributed by atoms with Crippen molar-refractivity contribution in [3.05, 3.63) is 34.3 Å². The first-order valence-electron chi connectivity index (χ1n) is 5.08. The number of carboxylic acid groups (broad SMARTS) is 1. The summed E-state index contributed by atoms with van der Waals surface area (Å²) in [6.07, 6.45) is 0.539. The maximum absolute atomic E-state index is 11.4. The SMILES string of the molecule is C[C@]1(O)C[C@@](C(=O)O)(c2cccc(Br)c2)C1. The molecule has 0 spiro atoms. The van der Waals surface area contributed by atoms with Crippen LogP contribution in [0.25, 0.3) is 0 Å². The van der Waals surface area contributed by atoms with Gasteiger partial charge in [-0.15, -0.1) is 0 Å². The van der Waals surface area contributed by atoms with E-state index in [1.54, 1.807) is 13.0 Å². The Kier molecular flexibility index (Phi) is 2.59. The van der Waals surface area contributed by atoms with Crippen molar-refractivity contribution in [2.75, 3.05) is 0 Å². The van der Waals surface area contributed by atoms with Crippen LogP contribution in [-0.4, -0.2) is 21.8 Å². The Labute approximate surface area is 102 Å². The largest absolute Gasteiger partial charge is 0.481 e. The molecule has 2 rings (SSSR count). The van der Waals surface area contributed by atoms with Crippen molar-refractivity contribution in [1.29, 1.82) is 0 Å². The lowest BCUT2D eigenvalue weighted by Crippen LogP contribution is -2.57. The molecule has 2 N–H and O–H groups in total. The van der Waals surface area contributed by atoms with E-state index >= 15 is 0 Å². The molecule has 3 nitrogen and oxygen atoms in total. The number of halogens is 1. The molecule has 16 heavy (non-hydrogen) atoms. The lowest BCUT2D eigenvalue weighted by molar-refractivity contribution is -0.162. The number of aliphatic hydroxyl groups is 1. The minimum atomic E-state index is -0.923. The summed E-state index contributed by atoms with van der Waals surface area (Å²) >= 11 is 3.33. The molecule has 1 saturated carbocycles. The van der Waals surface area contributed by atoms with Crippen molar-refractivity contribution in [3.8, 4) is 0 Å². The Balaban J connectivity index is 2.40. The molecule has 1 aromatic carbocycles. The van der Waals surface area contributed by atoms with Gasteiger partial charge < -0.3 is 10.2 Å². The third-order valence-electron chi connectivity index (χ3n) is 3.15. The molecule has 0 atom stereocenters. The van der Waals surface area contributed by atoms with Gasteiger partial charge in [-0.1, -0.05) is 28.1 Å². The van der Waals surface area contributed by atoms with E-state index in [0.29, 0.717) is 0 Å². The Hall–Kier alpha value is -0.870. The highest BCUT2D eigenvalue weighted by Crippen LogP contribution is 2.50. The van der Waals surface area contributed by atoms with Crippen LogP contribution in [0.5, 0.6) is 0 Å². The fraction of sp³-hybridized carbons (Fsp3) is 0.417. The van der Waals surface area contributed by atoms with Gasteiger partial charge in [0, 0.05) is 4.47 Å². The predicted octanol–water partition coefficient (Wildman–Crippen LogP) is 2.32. The van der Waals surface area contributed by atoms with Gasteiger partial charge in [0.2, 0.25) is 0 Å². The normalized spacial score (nSPS) is 33.2. The molecule has 1 aliphatic carbocycles. The molecular formula is C12H13BrO3. The summed E-state index contributed by atoms with van der Waals surface area (Å²) in [5, 5.41) is 19.1. The van der Waals surface area contributed by atoms with Crippen molar-refractivity contribution < 1.29 is 15.0 Å². The van der Waals surface area contributed by atoms with Crippen molar-refractivity contribution >= 4 is 21.9 Å². The summed E-state index contributed by atoms with van der Waals surface area (Å²) in [5.74, 6) is -0.864. The third kappa shape index (κ3) is 1.76. The number of rotatable bonds is 2. The zero-order valence-corrected chi connectivity index (χ0v) is 10.5.